The molecular formula is C13H16ClN3. The molecule has 4 heteroatoms. The van der Waals surface area contributed by atoms with Gasteiger partial charge in [-0.05, 0) is 38.1 Å². The van der Waals surface area contributed by atoms with Crippen molar-refractivity contribution in [2.75, 3.05) is 25.5 Å². The summed E-state index contributed by atoms with van der Waals surface area (Å²) >= 11 is 5.94. The van der Waals surface area contributed by atoms with Crippen LogP contribution in [0.1, 0.15) is 12.8 Å². The van der Waals surface area contributed by atoms with Crippen LogP contribution in [-0.2, 0) is 0 Å². The number of likely N-dealkylation sites (tertiary alicyclic amines) is 1. The van der Waals surface area contributed by atoms with Crippen LogP contribution in [-0.4, -0.2) is 30.6 Å². The molecule has 0 amide bonds. The van der Waals surface area contributed by atoms with Crippen molar-refractivity contribution in [3.05, 3.63) is 29.3 Å². The maximum absolute atomic E-state index is 9.39. The minimum Gasteiger partial charge on any atom is -0.367 e. The molecular weight excluding hydrogens is 234 g/mol. The van der Waals surface area contributed by atoms with Crippen LogP contribution in [0.5, 0.6) is 0 Å². The molecule has 0 atom stereocenters. The Morgan fingerprint density at radius 2 is 2.12 bits per heavy atom. The number of nitrogens with zero attached hydrogens (tertiary/aromatic N) is 2. The summed E-state index contributed by atoms with van der Waals surface area (Å²) in [5, 5.41) is 13.4. The van der Waals surface area contributed by atoms with E-state index >= 15 is 0 Å². The lowest BCUT2D eigenvalue weighted by Gasteiger charge is -2.36. The molecule has 1 aliphatic heterocycles. The summed E-state index contributed by atoms with van der Waals surface area (Å²) in [4.78, 5) is 2.25. The summed E-state index contributed by atoms with van der Waals surface area (Å²) in [6.45, 7) is 1.89. The summed E-state index contributed by atoms with van der Waals surface area (Å²) in [7, 11) is 2.08. The average Bonchev–Trinajstić information content (AvgIpc) is 2.33. The third-order valence-electron chi connectivity index (χ3n) is 3.26. The first kappa shape index (κ1) is 12.2. The Morgan fingerprint density at radius 1 is 1.41 bits per heavy atom. The Hall–Kier alpha value is -1.24. The molecule has 0 saturated carbocycles. The number of nitrogens with one attached hydrogen (secondary N) is 1. The number of benzene rings is 1. The summed E-state index contributed by atoms with van der Waals surface area (Å²) in [5.74, 6) is 0. The zero-order valence-corrected chi connectivity index (χ0v) is 10.7. The van der Waals surface area contributed by atoms with Crippen molar-refractivity contribution in [2.45, 2.75) is 18.4 Å². The van der Waals surface area contributed by atoms with E-state index in [-0.39, 0.29) is 0 Å². The van der Waals surface area contributed by atoms with E-state index in [0.29, 0.717) is 5.02 Å². The van der Waals surface area contributed by atoms with E-state index < -0.39 is 5.54 Å². The lowest BCUT2D eigenvalue weighted by molar-refractivity contribution is 0.235. The fourth-order valence-electron chi connectivity index (χ4n) is 2.11. The van der Waals surface area contributed by atoms with E-state index in [9.17, 15) is 5.26 Å². The van der Waals surface area contributed by atoms with E-state index in [2.05, 4.69) is 23.3 Å². The van der Waals surface area contributed by atoms with E-state index in [0.717, 1.165) is 31.6 Å². The number of hydrogen-bond acceptors (Lipinski definition) is 3. The average molecular weight is 250 g/mol. The van der Waals surface area contributed by atoms with Crippen molar-refractivity contribution in [2.24, 2.45) is 0 Å². The second-order valence-electron chi connectivity index (χ2n) is 4.63. The van der Waals surface area contributed by atoms with Crippen LogP contribution in [0.4, 0.5) is 5.69 Å². The van der Waals surface area contributed by atoms with E-state index in [1.54, 1.807) is 0 Å². The van der Waals surface area contributed by atoms with Gasteiger partial charge in [0, 0.05) is 23.8 Å². The number of piperidine rings is 1. The van der Waals surface area contributed by atoms with Crippen LogP contribution in [0.3, 0.4) is 0 Å². The normalized spacial score (nSPS) is 19.6. The number of nitriles is 1. The molecule has 90 valence electrons. The van der Waals surface area contributed by atoms with Crippen LogP contribution in [0, 0.1) is 11.3 Å². The van der Waals surface area contributed by atoms with Crippen molar-refractivity contribution >= 4 is 17.3 Å². The van der Waals surface area contributed by atoms with E-state index in [1.165, 1.54) is 0 Å². The molecule has 3 nitrogen and oxygen atoms in total. The van der Waals surface area contributed by atoms with E-state index in [4.69, 9.17) is 11.6 Å². The molecule has 1 saturated heterocycles. The highest BCUT2D eigenvalue weighted by Gasteiger charge is 2.33. The smallest absolute Gasteiger partial charge is 0.127 e. The Labute approximate surface area is 107 Å². The Kier molecular flexibility index (Phi) is 3.56. The van der Waals surface area contributed by atoms with Gasteiger partial charge in [0.1, 0.15) is 5.54 Å². The molecule has 1 aromatic carbocycles. The molecule has 2 rings (SSSR count). The van der Waals surface area contributed by atoms with Gasteiger partial charge in [0.25, 0.3) is 0 Å². The fraction of sp³-hybridized carbons (Fsp3) is 0.462. The quantitative estimate of drug-likeness (QED) is 0.876. The highest BCUT2D eigenvalue weighted by atomic mass is 35.5. The highest BCUT2D eigenvalue weighted by molar-refractivity contribution is 6.30. The number of halogens is 1. The Balaban J connectivity index is 2.13. The van der Waals surface area contributed by atoms with Crippen molar-refractivity contribution in [1.29, 1.82) is 5.26 Å². The fourth-order valence-corrected chi connectivity index (χ4v) is 2.30. The number of hydrogen-bond donors (Lipinski definition) is 1. The van der Waals surface area contributed by atoms with Crippen LogP contribution < -0.4 is 5.32 Å². The molecule has 0 aliphatic carbocycles. The zero-order valence-electron chi connectivity index (χ0n) is 9.91. The summed E-state index contributed by atoms with van der Waals surface area (Å²) in [6, 6.07) is 9.96. The maximum atomic E-state index is 9.39. The topological polar surface area (TPSA) is 39.1 Å². The van der Waals surface area contributed by atoms with Crippen molar-refractivity contribution in [3.8, 4) is 6.07 Å². The van der Waals surface area contributed by atoms with Crippen molar-refractivity contribution in [3.63, 3.8) is 0 Å². The van der Waals surface area contributed by atoms with Crippen molar-refractivity contribution < 1.29 is 0 Å². The Morgan fingerprint density at radius 3 is 2.71 bits per heavy atom. The lowest BCUT2D eigenvalue weighted by atomic mass is 9.89. The Bertz CT molecular complexity index is 431. The number of rotatable bonds is 2. The van der Waals surface area contributed by atoms with Gasteiger partial charge in [-0.15, -0.1) is 0 Å². The zero-order chi connectivity index (χ0) is 12.3. The van der Waals surface area contributed by atoms with Gasteiger partial charge in [0.2, 0.25) is 0 Å². The van der Waals surface area contributed by atoms with Crippen LogP contribution in [0.15, 0.2) is 24.3 Å². The molecule has 0 unspecified atom stereocenters. The van der Waals surface area contributed by atoms with Crippen LogP contribution >= 0.6 is 11.6 Å². The molecule has 1 heterocycles. The van der Waals surface area contributed by atoms with Gasteiger partial charge in [-0.25, -0.2) is 0 Å². The first-order chi connectivity index (χ1) is 8.13. The molecule has 0 spiro atoms. The molecule has 1 aromatic rings. The third-order valence-corrected chi connectivity index (χ3v) is 3.50. The standard InChI is InChI=1S/C13H16ClN3/c1-17-7-5-13(10-15,6-8-17)16-12-4-2-3-11(14)9-12/h2-4,9,16H,5-8H2,1H3. The van der Waals surface area contributed by atoms with Gasteiger partial charge in [0.05, 0.1) is 6.07 Å². The summed E-state index contributed by atoms with van der Waals surface area (Å²) < 4.78 is 0. The SMILES string of the molecule is CN1CCC(C#N)(Nc2cccc(Cl)c2)CC1. The van der Waals surface area contributed by atoms with E-state index in [1.807, 2.05) is 24.3 Å². The van der Waals surface area contributed by atoms with Gasteiger partial charge >= 0.3 is 0 Å². The number of anilines is 1. The first-order valence-electron chi connectivity index (χ1n) is 5.77. The van der Waals surface area contributed by atoms with Gasteiger partial charge in [-0.3, -0.25) is 0 Å². The second-order valence-corrected chi connectivity index (χ2v) is 5.07. The van der Waals surface area contributed by atoms with Crippen LogP contribution in [0.25, 0.3) is 0 Å². The molecule has 1 fully saturated rings. The predicted octanol–water partition coefficient (Wildman–Crippen LogP) is 2.74. The van der Waals surface area contributed by atoms with Gasteiger partial charge in [-0.1, -0.05) is 17.7 Å². The molecule has 1 aliphatic rings. The summed E-state index contributed by atoms with van der Waals surface area (Å²) in [5.41, 5.74) is 0.473. The van der Waals surface area contributed by atoms with Crippen molar-refractivity contribution in [1.82, 2.24) is 4.90 Å². The first-order valence-corrected chi connectivity index (χ1v) is 6.15. The van der Waals surface area contributed by atoms with Crippen LogP contribution in [0.2, 0.25) is 5.02 Å². The minimum atomic E-state index is -0.447. The lowest BCUT2D eigenvalue weighted by Crippen LogP contribution is -2.47. The van der Waals surface area contributed by atoms with Gasteiger partial charge < -0.3 is 10.2 Å². The highest BCUT2D eigenvalue weighted by Crippen LogP contribution is 2.27. The predicted molar refractivity (Wildman–Crippen MR) is 70.1 cm³/mol. The monoisotopic (exact) mass is 249 g/mol. The third kappa shape index (κ3) is 2.91. The maximum Gasteiger partial charge on any atom is 0.127 e. The molecule has 0 aromatic heterocycles. The second kappa shape index (κ2) is 4.95. The van der Waals surface area contributed by atoms with Gasteiger partial charge in [-0.2, -0.15) is 5.26 Å². The largest absolute Gasteiger partial charge is 0.367 e. The molecule has 0 radical (unpaired) electrons. The molecule has 0 bridgehead atoms. The molecule has 17 heavy (non-hydrogen) atoms. The molecule has 1 N–H and O–H groups in total. The summed E-state index contributed by atoms with van der Waals surface area (Å²) in [6.07, 6.45) is 1.68. The van der Waals surface area contributed by atoms with Gasteiger partial charge in [0.15, 0.2) is 0 Å². The minimum absolute atomic E-state index is 0.447.